The minimum atomic E-state index is -0.803. The van der Waals surface area contributed by atoms with Crippen LogP contribution in [0.15, 0.2) is 30.5 Å². The van der Waals surface area contributed by atoms with Gasteiger partial charge in [0.05, 0.1) is 16.6 Å². The van der Waals surface area contributed by atoms with Gasteiger partial charge in [0, 0.05) is 11.1 Å². The van der Waals surface area contributed by atoms with E-state index in [0.29, 0.717) is 14.9 Å². The van der Waals surface area contributed by atoms with Crippen molar-refractivity contribution in [3.63, 3.8) is 0 Å². The van der Waals surface area contributed by atoms with Gasteiger partial charge in [-0.1, -0.05) is 23.2 Å². The van der Waals surface area contributed by atoms with Crippen molar-refractivity contribution in [1.82, 2.24) is 10.3 Å². The summed E-state index contributed by atoms with van der Waals surface area (Å²) < 4.78 is 0.589. The number of carbonyl (C=O) groups is 1. The van der Waals surface area contributed by atoms with Crippen molar-refractivity contribution in [2.75, 3.05) is 11.9 Å². The summed E-state index contributed by atoms with van der Waals surface area (Å²) in [7, 11) is 0. The molecule has 2 rings (SSSR count). The largest absolute Gasteiger partial charge is 0.386 e. The smallest absolute Gasteiger partial charge is 0.319 e. The highest BCUT2D eigenvalue weighted by atomic mass is 35.5. The Kier molecular flexibility index (Phi) is 5.19. The zero-order chi connectivity index (χ0) is 14.5. The number of amides is 2. The molecular formula is C12H11Cl2N3O2S. The highest BCUT2D eigenvalue weighted by Gasteiger charge is 2.12. The normalized spacial score (nSPS) is 11.9. The summed E-state index contributed by atoms with van der Waals surface area (Å²) >= 11 is 12.9. The predicted molar refractivity (Wildman–Crippen MR) is 80.6 cm³/mol. The number of aliphatic hydroxyl groups excluding tert-OH is 1. The zero-order valence-corrected chi connectivity index (χ0v) is 12.5. The third kappa shape index (κ3) is 4.08. The molecule has 0 saturated carbocycles. The van der Waals surface area contributed by atoms with Gasteiger partial charge in [-0.2, -0.15) is 0 Å². The fourth-order valence-electron chi connectivity index (χ4n) is 1.44. The quantitative estimate of drug-likeness (QED) is 0.752. The second kappa shape index (κ2) is 6.90. The Labute approximate surface area is 129 Å². The van der Waals surface area contributed by atoms with Crippen LogP contribution in [0.3, 0.4) is 0 Å². The molecule has 0 spiro atoms. The molecule has 0 aliphatic carbocycles. The van der Waals surface area contributed by atoms with Crippen LogP contribution in [-0.2, 0) is 0 Å². The Morgan fingerprint density at radius 1 is 1.40 bits per heavy atom. The van der Waals surface area contributed by atoms with Crippen LogP contribution in [-0.4, -0.2) is 22.7 Å². The molecule has 0 fully saturated rings. The van der Waals surface area contributed by atoms with Crippen LogP contribution in [0, 0.1) is 0 Å². The van der Waals surface area contributed by atoms with Crippen LogP contribution in [0.25, 0.3) is 0 Å². The first-order valence-electron chi connectivity index (χ1n) is 5.65. The van der Waals surface area contributed by atoms with E-state index in [9.17, 15) is 9.90 Å². The van der Waals surface area contributed by atoms with E-state index < -0.39 is 12.1 Å². The lowest BCUT2D eigenvalue weighted by Gasteiger charge is -2.11. The van der Waals surface area contributed by atoms with Gasteiger partial charge in [0.25, 0.3) is 0 Å². The molecule has 0 aromatic carbocycles. The number of halogens is 2. The monoisotopic (exact) mass is 331 g/mol. The molecular weight excluding hydrogens is 321 g/mol. The van der Waals surface area contributed by atoms with E-state index in [-0.39, 0.29) is 11.7 Å². The lowest BCUT2D eigenvalue weighted by Crippen LogP contribution is -2.32. The van der Waals surface area contributed by atoms with Crippen LogP contribution in [0.4, 0.5) is 10.5 Å². The van der Waals surface area contributed by atoms with Crippen LogP contribution in [0.2, 0.25) is 9.49 Å². The number of rotatable bonds is 4. The van der Waals surface area contributed by atoms with Crippen molar-refractivity contribution >= 4 is 46.3 Å². The second-order valence-corrected chi connectivity index (χ2v) is 5.94. The molecule has 2 amide bonds. The maximum atomic E-state index is 11.7. The number of thiophene rings is 1. The zero-order valence-electron chi connectivity index (χ0n) is 10.1. The third-order valence-electron chi connectivity index (χ3n) is 2.39. The summed E-state index contributed by atoms with van der Waals surface area (Å²) in [4.78, 5) is 16.2. The molecule has 0 radical (unpaired) electrons. The van der Waals surface area contributed by atoms with Crippen molar-refractivity contribution in [3.8, 4) is 0 Å². The van der Waals surface area contributed by atoms with E-state index in [1.807, 2.05) is 0 Å². The fraction of sp³-hybridized carbons (Fsp3) is 0.167. The minimum Gasteiger partial charge on any atom is -0.386 e. The van der Waals surface area contributed by atoms with Gasteiger partial charge in [0.2, 0.25) is 0 Å². The summed E-state index contributed by atoms with van der Waals surface area (Å²) in [6.45, 7) is 0.0700. The Morgan fingerprint density at radius 3 is 2.85 bits per heavy atom. The number of urea groups is 1. The van der Waals surface area contributed by atoms with E-state index >= 15 is 0 Å². The molecule has 0 aliphatic rings. The maximum Gasteiger partial charge on any atom is 0.319 e. The average Bonchev–Trinajstić information content (AvgIpc) is 2.85. The Morgan fingerprint density at radius 2 is 2.20 bits per heavy atom. The predicted octanol–water partition coefficient (Wildman–Crippen LogP) is 3.31. The topological polar surface area (TPSA) is 74.2 Å². The van der Waals surface area contributed by atoms with Crippen LogP contribution in [0.1, 0.15) is 11.0 Å². The molecule has 5 nitrogen and oxygen atoms in total. The van der Waals surface area contributed by atoms with E-state index in [0.717, 1.165) is 0 Å². The Hall–Kier alpha value is -1.34. The molecule has 3 N–H and O–H groups in total. The van der Waals surface area contributed by atoms with Gasteiger partial charge in [0.1, 0.15) is 6.10 Å². The number of aliphatic hydroxyl groups is 1. The molecule has 0 aliphatic heterocycles. The number of pyridine rings is 1. The van der Waals surface area contributed by atoms with Crippen molar-refractivity contribution in [3.05, 3.63) is 44.8 Å². The van der Waals surface area contributed by atoms with E-state index in [4.69, 9.17) is 23.2 Å². The molecule has 2 heterocycles. The number of nitrogens with zero attached hydrogens (tertiary/aromatic N) is 1. The molecule has 1 atom stereocenters. The Bertz CT molecular complexity index is 606. The molecule has 8 heteroatoms. The van der Waals surface area contributed by atoms with E-state index in [1.54, 1.807) is 24.3 Å². The van der Waals surface area contributed by atoms with Crippen molar-refractivity contribution in [2.24, 2.45) is 0 Å². The number of nitrogens with one attached hydrogen (secondary N) is 2. The van der Waals surface area contributed by atoms with Gasteiger partial charge >= 0.3 is 6.03 Å². The summed E-state index contributed by atoms with van der Waals surface area (Å²) in [5, 5.41) is 15.2. The van der Waals surface area contributed by atoms with Crippen molar-refractivity contribution < 1.29 is 9.90 Å². The third-order valence-corrected chi connectivity index (χ3v) is 4.02. The number of hydrogen-bond donors (Lipinski definition) is 3. The number of carbonyl (C=O) groups excluding carboxylic acids is 1. The summed E-state index contributed by atoms with van der Waals surface area (Å²) in [5.74, 6) is 0. The minimum absolute atomic E-state index is 0.0700. The van der Waals surface area contributed by atoms with Crippen LogP contribution >= 0.6 is 34.5 Å². The highest BCUT2D eigenvalue weighted by Crippen LogP contribution is 2.26. The second-order valence-electron chi connectivity index (χ2n) is 3.83. The SMILES string of the molecule is O=C(NCC(O)c1ccc(Cl)s1)Nc1cccnc1Cl. The molecule has 0 bridgehead atoms. The number of hydrogen-bond acceptors (Lipinski definition) is 4. The van der Waals surface area contributed by atoms with Crippen molar-refractivity contribution in [2.45, 2.75) is 6.10 Å². The molecule has 1 unspecified atom stereocenters. The molecule has 0 saturated heterocycles. The lowest BCUT2D eigenvalue weighted by molar-refractivity contribution is 0.178. The van der Waals surface area contributed by atoms with Gasteiger partial charge in [-0.3, -0.25) is 0 Å². The number of anilines is 1. The molecule has 20 heavy (non-hydrogen) atoms. The lowest BCUT2D eigenvalue weighted by atomic mass is 10.3. The van der Waals surface area contributed by atoms with Gasteiger partial charge in [-0.05, 0) is 24.3 Å². The van der Waals surface area contributed by atoms with Gasteiger partial charge < -0.3 is 15.7 Å². The fourth-order valence-corrected chi connectivity index (χ4v) is 2.66. The standard InChI is InChI=1S/C12H11Cl2N3O2S/c13-10-4-3-9(20-10)8(18)6-16-12(19)17-7-2-1-5-15-11(7)14/h1-5,8,18H,6H2,(H2,16,17,19). The summed E-state index contributed by atoms with van der Waals surface area (Å²) in [6.07, 6.45) is 0.720. The first-order valence-corrected chi connectivity index (χ1v) is 7.22. The number of aromatic nitrogens is 1. The van der Waals surface area contributed by atoms with Gasteiger partial charge in [-0.25, -0.2) is 9.78 Å². The van der Waals surface area contributed by atoms with Gasteiger partial charge in [0.15, 0.2) is 5.15 Å². The summed E-state index contributed by atoms with van der Waals surface area (Å²) in [6, 6.07) is 6.23. The van der Waals surface area contributed by atoms with E-state index in [2.05, 4.69) is 15.6 Å². The van der Waals surface area contributed by atoms with Crippen molar-refractivity contribution in [1.29, 1.82) is 0 Å². The maximum absolute atomic E-state index is 11.7. The summed E-state index contributed by atoms with van der Waals surface area (Å²) in [5.41, 5.74) is 0.403. The Balaban J connectivity index is 1.85. The first kappa shape index (κ1) is 15.1. The average molecular weight is 332 g/mol. The highest BCUT2D eigenvalue weighted by molar-refractivity contribution is 7.16. The molecule has 2 aromatic rings. The van der Waals surface area contributed by atoms with Crippen LogP contribution in [0.5, 0.6) is 0 Å². The molecule has 106 valence electrons. The van der Waals surface area contributed by atoms with Crippen LogP contribution < -0.4 is 10.6 Å². The van der Waals surface area contributed by atoms with E-state index in [1.165, 1.54) is 17.5 Å². The molecule has 2 aromatic heterocycles. The first-order chi connectivity index (χ1) is 9.56. The van der Waals surface area contributed by atoms with Gasteiger partial charge in [-0.15, -0.1) is 11.3 Å².